The molecule has 2 nitrogen and oxygen atoms in total. The van der Waals surface area contributed by atoms with Crippen molar-refractivity contribution >= 4 is 12.2 Å². The number of rotatable bonds is 3. The first kappa shape index (κ1) is 9.52. The number of nitrogens with one attached hydrogen (secondary N) is 1. The number of aromatic nitrogens is 2. The fourth-order valence-corrected chi connectivity index (χ4v) is 1.43. The van der Waals surface area contributed by atoms with Crippen molar-refractivity contribution in [2.45, 2.75) is 33.7 Å². The smallest absolute Gasteiger partial charge is 0.177 e. The molecule has 68 valence electrons. The predicted molar refractivity (Wildman–Crippen MR) is 53.8 cm³/mol. The minimum absolute atomic E-state index is 0.738. The van der Waals surface area contributed by atoms with Crippen LogP contribution >= 0.6 is 12.2 Å². The Hall–Kier alpha value is -0.570. The number of H-pyrrole nitrogens is 1. The molecule has 3 heteroatoms. The maximum Gasteiger partial charge on any atom is 0.177 e. The molecule has 0 spiro atoms. The Morgan fingerprint density at radius 2 is 2.25 bits per heavy atom. The molecule has 0 saturated heterocycles. The van der Waals surface area contributed by atoms with Gasteiger partial charge in [0.1, 0.15) is 0 Å². The van der Waals surface area contributed by atoms with E-state index in [2.05, 4.69) is 29.6 Å². The van der Waals surface area contributed by atoms with Crippen molar-refractivity contribution in [2.24, 2.45) is 5.92 Å². The Morgan fingerprint density at radius 3 is 2.67 bits per heavy atom. The Labute approximate surface area is 78.6 Å². The second-order valence-corrected chi connectivity index (χ2v) is 4.00. The predicted octanol–water partition coefficient (Wildman–Crippen LogP) is 2.90. The summed E-state index contributed by atoms with van der Waals surface area (Å²) in [6.45, 7) is 7.51. The highest BCUT2D eigenvalue weighted by Crippen LogP contribution is 2.04. The molecule has 0 radical (unpaired) electrons. The first-order valence-electron chi connectivity index (χ1n) is 4.35. The van der Waals surface area contributed by atoms with Crippen LogP contribution in [0.3, 0.4) is 0 Å². The summed E-state index contributed by atoms with van der Waals surface area (Å²) in [5, 5.41) is 0. The van der Waals surface area contributed by atoms with Crippen LogP contribution in [0.4, 0.5) is 0 Å². The molecule has 0 unspecified atom stereocenters. The highest BCUT2D eigenvalue weighted by molar-refractivity contribution is 7.71. The maximum absolute atomic E-state index is 5.13. The van der Waals surface area contributed by atoms with Crippen molar-refractivity contribution in [2.75, 3.05) is 0 Å². The molecule has 0 aliphatic carbocycles. The van der Waals surface area contributed by atoms with Gasteiger partial charge in [-0.05, 0) is 31.5 Å². The van der Waals surface area contributed by atoms with Crippen LogP contribution in [0.2, 0.25) is 0 Å². The van der Waals surface area contributed by atoms with Gasteiger partial charge in [-0.25, -0.2) is 0 Å². The third-order valence-electron chi connectivity index (χ3n) is 1.86. The molecule has 0 bridgehead atoms. The Bertz CT molecular complexity index is 296. The standard InChI is InChI=1S/C9H16N2S/c1-7(2)4-5-11-6-8(3)10-9(11)12/h6-7H,4-5H2,1-3H3,(H,10,12). The van der Waals surface area contributed by atoms with Gasteiger partial charge in [0.15, 0.2) is 4.77 Å². The van der Waals surface area contributed by atoms with Gasteiger partial charge in [-0.3, -0.25) is 0 Å². The lowest BCUT2D eigenvalue weighted by Crippen LogP contribution is -1.99. The largest absolute Gasteiger partial charge is 0.335 e. The van der Waals surface area contributed by atoms with Gasteiger partial charge in [-0.2, -0.15) is 0 Å². The average Bonchev–Trinajstić information content (AvgIpc) is 2.26. The summed E-state index contributed by atoms with van der Waals surface area (Å²) in [7, 11) is 0. The van der Waals surface area contributed by atoms with E-state index in [1.54, 1.807) is 0 Å². The molecule has 0 amide bonds. The van der Waals surface area contributed by atoms with Crippen molar-refractivity contribution in [3.8, 4) is 0 Å². The van der Waals surface area contributed by atoms with Crippen molar-refractivity contribution < 1.29 is 0 Å². The summed E-state index contributed by atoms with van der Waals surface area (Å²) in [4.78, 5) is 3.11. The normalized spacial score (nSPS) is 11.0. The number of aryl methyl sites for hydroxylation is 2. The van der Waals surface area contributed by atoms with E-state index in [0.29, 0.717) is 0 Å². The zero-order valence-electron chi connectivity index (χ0n) is 7.92. The molecule has 0 aliphatic heterocycles. The van der Waals surface area contributed by atoms with Crippen molar-refractivity contribution in [1.29, 1.82) is 0 Å². The van der Waals surface area contributed by atoms with Crippen LogP contribution in [0.15, 0.2) is 6.20 Å². The van der Waals surface area contributed by atoms with Crippen molar-refractivity contribution in [3.05, 3.63) is 16.7 Å². The van der Waals surface area contributed by atoms with Gasteiger partial charge in [-0.1, -0.05) is 13.8 Å². The Kier molecular flexibility index (Phi) is 3.09. The summed E-state index contributed by atoms with van der Waals surface area (Å²) >= 11 is 5.13. The van der Waals surface area contributed by atoms with E-state index in [9.17, 15) is 0 Å². The minimum Gasteiger partial charge on any atom is -0.335 e. The van der Waals surface area contributed by atoms with Crippen LogP contribution in [0, 0.1) is 17.6 Å². The molecular formula is C9H16N2S. The lowest BCUT2D eigenvalue weighted by atomic mass is 10.1. The molecule has 0 saturated carbocycles. The summed E-state index contributed by atoms with van der Waals surface area (Å²) in [5.74, 6) is 0.738. The van der Waals surface area contributed by atoms with E-state index in [1.807, 2.05) is 6.92 Å². The SMILES string of the molecule is Cc1cn(CCC(C)C)c(=S)[nH]1. The van der Waals surface area contributed by atoms with Gasteiger partial charge in [0.05, 0.1) is 0 Å². The lowest BCUT2D eigenvalue weighted by Gasteiger charge is -2.04. The minimum atomic E-state index is 0.738. The van der Waals surface area contributed by atoms with Gasteiger partial charge < -0.3 is 9.55 Å². The zero-order chi connectivity index (χ0) is 9.14. The van der Waals surface area contributed by atoms with Gasteiger partial charge in [0.2, 0.25) is 0 Å². The van der Waals surface area contributed by atoms with Crippen molar-refractivity contribution in [1.82, 2.24) is 9.55 Å². The van der Waals surface area contributed by atoms with Crippen LogP contribution in [0.5, 0.6) is 0 Å². The topological polar surface area (TPSA) is 20.7 Å². The Balaban J connectivity index is 2.63. The van der Waals surface area contributed by atoms with E-state index < -0.39 is 0 Å². The molecule has 1 aromatic rings. The lowest BCUT2D eigenvalue weighted by molar-refractivity contribution is 0.513. The monoisotopic (exact) mass is 184 g/mol. The first-order valence-corrected chi connectivity index (χ1v) is 4.76. The second kappa shape index (κ2) is 3.90. The van der Waals surface area contributed by atoms with E-state index in [0.717, 1.165) is 22.9 Å². The van der Waals surface area contributed by atoms with E-state index in [-0.39, 0.29) is 0 Å². The molecule has 1 N–H and O–H groups in total. The second-order valence-electron chi connectivity index (χ2n) is 3.62. The third-order valence-corrected chi connectivity index (χ3v) is 2.20. The highest BCUT2D eigenvalue weighted by Gasteiger charge is 1.98. The average molecular weight is 184 g/mol. The molecular weight excluding hydrogens is 168 g/mol. The molecule has 1 heterocycles. The van der Waals surface area contributed by atoms with Crippen LogP contribution in [-0.4, -0.2) is 9.55 Å². The zero-order valence-corrected chi connectivity index (χ0v) is 8.74. The van der Waals surface area contributed by atoms with Gasteiger partial charge >= 0.3 is 0 Å². The number of aromatic amines is 1. The summed E-state index contributed by atoms with van der Waals surface area (Å²) in [5.41, 5.74) is 1.14. The molecule has 12 heavy (non-hydrogen) atoms. The van der Waals surface area contributed by atoms with E-state index >= 15 is 0 Å². The first-order chi connectivity index (χ1) is 5.59. The van der Waals surface area contributed by atoms with Gasteiger partial charge in [0.25, 0.3) is 0 Å². The molecule has 0 aromatic carbocycles. The van der Waals surface area contributed by atoms with E-state index in [4.69, 9.17) is 12.2 Å². The molecule has 0 fully saturated rings. The summed E-state index contributed by atoms with van der Waals surface area (Å²) in [6, 6.07) is 0. The molecule has 1 rings (SSSR count). The number of hydrogen-bond donors (Lipinski definition) is 1. The van der Waals surface area contributed by atoms with Crippen LogP contribution in [-0.2, 0) is 6.54 Å². The number of nitrogens with zero attached hydrogens (tertiary/aromatic N) is 1. The fraction of sp³-hybridized carbons (Fsp3) is 0.667. The summed E-state index contributed by atoms with van der Waals surface area (Å²) < 4.78 is 2.94. The Morgan fingerprint density at radius 1 is 1.58 bits per heavy atom. The van der Waals surface area contributed by atoms with Crippen LogP contribution in [0.1, 0.15) is 26.0 Å². The van der Waals surface area contributed by atoms with Crippen LogP contribution in [0.25, 0.3) is 0 Å². The fourth-order valence-electron chi connectivity index (χ4n) is 1.13. The molecule has 0 atom stereocenters. The molecule has 0 aliphatic rings. The quantitative estimate of drug-likeness (QED) is 0.716. The highest BCUT2D eigenvalue weighted by atomic mass is 32.1. The number of imidazole rings is 1. The number of hydrogen-bond acceptors (Lipinski definition) is 1. The third kappa shape index (κ3) is 2.48. The summed E-state index contributed by atoms with van der Waals surface area (Å²) in [6.07, 6.45) is 3.26. The van der Waals surface area contributed by atoms with Gasteiger partial charge in [0, 0.05) is 18.4 Å². The maximum atomic E-state index is 5.13. The molecule has 1 aromatic heterocycles. The van der Waals surface area contributed by atoms with E-state index in [1.165, 1.54) is 6.42 Å². The van der Waals surface area contributed by atoms with Crippen LogP contribution < -0.4 is 0 Å². The van der Waals surface area contributed by atoms with Crippen molar-refractivity contribution in [3.63, 3.8) is 0 Å². The van der Waals surface area contributed by atoms with Gasteiger partial charge in [-0.15, -0.1) is 0 Å².